The van der Waals surface area contributed by atoms with Crippen LogP contribution in [0.5, 0.6) is 0 Å². The Labute approximate surface area is 438 Å². The van der Waals surface area contributed by atoms with Crippen molar-refractivity contribution in [2.45, 2.75) is 284 Å². The van der Waals surface area contributed by atoms with Gasteiger partial charge in [-0.15, -0.1) is 0 Å². The van der Waals surface area contributed by atoms with Gasteiger partial charge in [-0.2, -0.15) is 0 Å². The van der Waals surface area contributed by atoms with Crippen molar-refractivity contribution in [3.63, 3.8) is 0 Å². The standard InChI is InChI=1S/C65H110O6/c1-4-7-10-13-16-19-22-25-28-31-32-35-38-41-44-47-50-53-56-59-65(68)71-62(60-69-63(66)57-54-51-48-45-42-39-36-33-29-26-23-20-17-14-11-8-5-2)61-70-64(67)58-55-52-49-46-43-40-37-34-30-27-24-21-18-15-12-9-6-3/h7,10,16-17,19-20,25-26,28-29,32,35-36,39,41,44,62H,4-6,8-9,11-15,18,21-24,27,30-31,33-34,37-38,40,42-43,45-61H2,1-3H3/b10-7-,19-16-,20-17-,28-25-,29-26-,35-32-,39-36-,44-41-/t62-/m1/s1. The average Bonchev–Trinajstić information content (AvgIpc) is 3.37. The quantitative estimate of drug-likeness (QED) is 0.0261. The van der Waals surface area contributed by atoms with Crippen molar-refractivity contribution in [1.29, 1.82) is 0 Å². The summed E-state index contributed by atoms with van der Waals surface area (Å²) >= 11 is 0. The van der Waals surface area contributed by atoms with Crippen molar-refractivity contribution in [1.82, 2.24) is 0 Å². The van der Waals surface area contributed by atoms with Crippen LogP contribution >= 0.6 is 0 Å². The van der Waals surface area contributed by atoms with Crippen molar-refractivity contribution in [3.8, 4) is 0 Å². The third kappa shape index (κ3) is 57.1. The molecule has 0 amide bonds. The number of carbonyl (C=O) groups excluding carboxylic acids is 3. The van der Waals surface area contributed by atoms with Crippen LogP contribution in [0.1, 0.15) is 278 Å². The highest BCUT2D eigenvalue weighted by Crippen LogP contribution is 2.16. The summed E-state index contributed by atoms with van der Waals surface area (Å²) in [6.07, 6.45) is 78.2. The van der Waals surface area contributed by atoms with E-state index in [4.69, 9.17) is 14.2 Å². The summed E-state index contributed by atoms with van der Waals surface area (Å²) in [5.74, 6) is -0.945. The average molecular weight is 988 g/mol. The molecule has 0 spiro atoms. The molecule has 0 heterocycles. The number of unbranched alkanes of at least 4 members (excludes halogenated alkanes) is 26. The largest absolute Gasteiger partial charge is 0.462 e. The van der Waals surface area contributed by atoms with E-state index in [2.05, 4.69) is 118 Å². The maximum absolute atomic E-state index is 12.9. The van der Waals surface area contributed by atoms with Gasteiger partial charge in [0.05, 0.1) is 0 Å². The van der Waals surface area contributed by atoms with Gasteiger partial charge >= 0.3 is 17.9 Å². The van der Waals surface area contributed by atoms with Crippen molar-refractivity contribution in [3.05, 3.63) is 97.2 Å². The number of rotatable bonds is 53. The summed E-state index contributed by atoms with van der Waals surface area (Å²) in [4.78, 5) is 38.2. The van der Waals surface area contributed by atoms with Crippen LogP contribution in [0.15, 0.2) is 97.2 Å². The van der Waals surface area contributed by atoms with Gasteiger partial charge < -0.3 is 14.2 Å². The molecule has 0 aromatic carbocycles. The zero-order chi connectivity index (χ0) is 51.4. The van der Waals surface area contributed by atoms with Gasteiger partial charge in [0.2, 0.25) is 0 Å². The van der Waals surface area contributed by atoms with Crippen molar-refractivity contribution < 1.29 is 28.6 Å². The summed E-state index contributed by atoms with van der Waals surface area (Å²) in [5.41, 5.74) is 0. The molecule has 0 fully saturated rings. The molecular formula is C65H110O6. The van der Waals surface area contributed by atoms with Gasteiger partial charge in [0.25, 0.3) is 0 Å². The molecule has 406 valence electrons. The molecule has 0 aromatic rings. The van der Waals surface area contributed by atoms with Gasteiger partial charge in [-0.3, -0.25) is 14.4 Å². The number of allylic oxidation sites excluding steroid dienone is 16. The lowest BCUT2D eigenvalue weighted by Gasteiger charge is -2.18. The Hall–Kier alpha value is -3.67. The Morgan fingerprint density at radius 2 is 0.549 bits per heavy atom. The minimum atomic E-state index is -0.805. The first kappa shape index (κ1) is 67.3. The Kier molecular flexibility index (Phi) is 55.9. The molecule has 71 heavy (non-hydrogen) atoms. The van der Waals surface area contributed by atoms with Crippen LogP contribution in [0.3, 0.4) is 0 Å². The third-order valence-electron chi connectivity index (χ3n) is 12.6. The number of hydrogen-bond donors (Lipinski definition) is 0. The van der Waals surface area contributed by atoms with Crippen LogP contribution < -0.4 is 0 Å². The van der Waals surface area contributed by atoms with Gasteiger partial charge in [-0.05, 0) is 103 Å². The van der Waals surface area contributed by atoms with Gasteiger partial charge in [0.1, 0.15) is 13.2 Å². The summed E-state index contributed by atoms with van der Waals surface area (Å²) in [5, 5.41) is 0. The van der Waals surface area contributed by atoms with E-state index in [1.807, 2.05) is 0 Å². The summed E-state index contributed by atoms with van der Waals surface area (Å²) in [7, 11) is 0. The van der Waals surface area contributed by atoms with Crippen LogP contribution in [-0.2, 0) is 28.6 Å². The highest BCUT2D eigenvalue weighted by molar-refractivity contribution is 5.71. The van der Waals surface area contributed by atoms with E-state index in [0.717, 1.165) is 122 Å². The molecule has 0 N–H and O–H groups in total. The minimum absolute atomic E-state index is 0.0969. The molecule has 1 atom stereocenters. The molecule has 0 rings (SSSR count). The van der Waals surface area contributed by atoms with E-state index in [9.17, 15) is 14.4 Å². The second-order valence-electron chi connectivity index (χ2n) is 19.5. The first-order chi connectivity index (χ1) is 35.0. The SMILES string of the molecule is CC/C=C\C/C=C\C/C=C\C/C=C\C/C=C\CCCCCC(=O)O[C@H](COC(=O)CCCCCC/C=C\C/C=C\C/C=C\CCCCC)COC(=O)CCCCCCCCCCCCCCCCCCC. The normalized spacial score (nSPS) is 12.8. The fourth-order valence-corrected chi connectivity index (χ4v) is 8.12. The van der Waals surface area contributed by atoms with Gasteiger partial charge in [-0.25, -0.2) is 0 Å². The van der Waals surface area contributed by atoms with Crippen molar-refractivity contribution >= 4 is 17.9 Å². The Bertz CT molecular complexity index is 1410. The summed E-state index contributed by atoms with van der Waals surface area (Å²) in [6, 6.07) is 0. The van der Waals surface area contributed by atoms with Crippen LogP contribution in [0, 0.1) is 0 Å². The van der Waals surface area contributed by atoms with E-state index in [1.165, 1.54) is 116 Å². The monoisotopic (exact) mass is 987 g/mol. The van der Waals surface area contributed by atoms with Crippen LogP contribution in [-0.4, -0.2) is 37.2 Å². The lowest BCUT2D eigenvalue weighted by atomic mass is 10.0. The van der Waals surface area contributed by atoms with E-state index in [1.54, 1.807) is 0 Å². The van der Waals surface area contributed by atoms with Crippen LogP contribution in [0.2, 0.25) is 0 Å². The first-order valence-corrected chi connectivity index (χ1v) is 29.7. The van der Waals surface area contributed by atoms with E-state index < -0.39 is 6.10 Å². The zero-order valence-corrected chi connectivity index (χ0v) is 46.5. The molecule has 0 aliphatic carbocycles. The number of hydrogen-bond acceptors (Lipinski definition) is 6. The Morgan fingerprint density at radius 1 is 0.296 bits per heavy atom. The lowest BCUT2D eigenvalue weighted by Crippen LogP contribution is -2.30. The van der Waals surface area contributed by atoms with Gasteiger partial charge in [-0.1, -0.05) is 253 Å². The molecular weight excluding hydrogens is 877 g/mol. The molecule has 0 saturated heterocycles. The zero-order valence-electron chi connectivity index (χ0n) is 46.5. The molecule has 0 aliphatic heterocycles. The van der Waals surface area contributed by atoms with Gasteiger partial charge in [0, 0.05) is 19.3 Å². The summed E-state index contributed by atoms with van der Waals surface area (Å²) < 4.78 is 16.9. The smallest absolute Gasteiger partial charge is 0.306 e. The predicted molar refractivity (Wildman–Crippen MR) is 307 cm³/mol. The third-order valence-corrected chi connectivity index (χ3v) is 12.6. The fraction of sp³-hybridized carbons (Fsp3) is 0.708. The topological polar surface area (TPSA) is 78.9 Å². The number of esters is 3. The minimum Gasteiger partial charge on any atom is -0.462 e. The van der Waals surface area contributed by atoms with Gasteiger partial charge in [0.15, 0.2) is 6.10 Å². The highest BCUT2D eigenvalue weighted by Gasteiger charge is 2.19. The summed E-state index contributed by atoms with van der Waals surface area (Å²) in [6.45, 7) is 6.47. The maximum Gasteiger partial charge on any atom is 0.306 e. The molecule has 6 nitrogen and oxygen atoms in total. The molecule has 0 aliphatic rings. The molecule has 0 saturated carbocycles. The highest BCUT2D eigenvalue weighted by atomic mass is 16.6. The van der Waals surface area contributed by atoms with E-state index >= 15 is 0 Å². The van der Waals surface area contributed by atoms with Crippen LogP contribution in [0.4, 0.5) is 0 Å². The molecule has 0 bridgehead atoms. The maximum atomic E-state index is 12.9. The molecule has 0 aromatic heterocycles. The number of ether oxygens (including phenoxy) is 3. The predicted octanol–water partition coefficient (Wildman–Crippen LogP) is 20.1. The molecule has 6 heteroatoms. The Balaban J connectivity index is 4.48. The van der Waals surface area contributed by atoms with E-state index in [0.29, 0.717) is 12.8 Å². The lowest BCUT2D eigenvalue weighted by molar-refractivity contribution is -0.167. The molecule has 0 radical (unpaired) electrons. The Morgan fingerprint density at radius 3 is 0.901 bits per heavy atom. The molecule has 0 unspecified atom stereocenters. The van der Waals surface area contributed by atoms with Crippen molar-refractivity contribution in [2.24, 2.45) is 0 Å². The van der Waals surface area contributed by atoms with Crippen molar-refractivity contribution in [2.75, 3.05) is 13.2 Å². The number of carbonyl (C=O) groups is 3. The van der Waals surface area contributed by atoms with Crippen LogP contribution in [0.25, 0.3) is 0 Å². The fourth-order valence-electron chi connectivity index (χ4n) is 8.12. The second-order valence-corrected chi connectivity index (χ2v) is 19.5. The van der Waals surface area contributed by atoms with E-state index in [-0.39, 0.29) is 37.5 Å². The second kappa shape index (κ2) is 58.9. The first-order valence-electron chi connectivity index (χ1n) is 29.7.